The second-order valence-electron chi connectivity index (χ2n) is 6.05. The van der Waals surface area contributed by atoms with Gasteiger partial charge in [0.25, 0.3) is 5.91 Å². The minimum atomic E-state index is -3.03. The van der Waals surface area contributed by atoms with Crippen LogP contribution >= 0.6 is 0 Å². The molecule has 1 amide bonds. The van der Waals surface area contributed by atoms with Crippen molar-refractivity contribution in [3.8, 4) is 0 Å². The highest BCUT2D eigenvalue weighted by Crippen LogP contribution is 2.16. The molecule has 0 aliphatic carbocycles. The van der Waals surface area contributed by atoms with Gasteiger partial charge in [-0.1, -0.05) is 19.1 Å². The summed E-state index contributed by atoms with van der Waals surface area (Å²) in [5.74, 6) is 0.223. The first-order valence-electron chi connectivity index (χ1n) is 8.16. The fraction of sp³-hybridized carbons (Fsp3) is 0.353. The predicted molar refractivity (Wildman–Crippen MR) is 95.7 cm³/mol. The van der Waals surface area contributed by atoms with Crippen LogP contribution < -0.4 is 10.6 Å². The smallest absolute Gasteiger partial charge is 0.272 e. The van der Waals surface area contributed by atoms with E-state index in [9.17, 15) is 13.2 Å². The Hall–Kier alpha value is -2.48. The average Bonchev–Trinajstić information content (AvgIpc) is 2.94. The number of nitrogens with one attached hydrogen (secondary N) is 2. The third-order valence-corrected chi connectivity index (χ3v) is 5.87. The Bertz CT molecular complexity index is 848. The molecule has 8 heteroatoms. The van der Waals surface area contributed by atoms with Crippen molar-refractivity contribution in [3.05, 3.63) is 47.7 Å². The summed E-state index contributed by atoms with van der Waals surface area (Å²) >= 11 is 0. The van der Waals surface area contributed by atoms with Crippen LogP contribution in [0.1, 0.15) is 29.4 Å². The summed E-state index contributed by atoms with van der Waals surface area (Å²) in [4.78, 5) is 12.1. The van der Waals surface area contributed by atoms with E-state index in [4.69, 9.17) is 0 Å². The van der Waals surface area contributed by atoms with Crippen molar-refractivity contribution in [1.29, 1.82) is 0 Å². The van der Waals surface area contributed by atoms with Gasteiger partial charge in [-0.3, -0.25) is 4.79 Å². The van der Waals surface area contributed by atoms with Crippen molar-refractivity contribution in [1.82, 2.24) is 15.5 Å². The van der Waals surface area contributed by atoms with Crippen LogP contribution in [-0.2, 0) is 16.3 Å². The van der Waals surface area contributed by atoms with Crippen molar-refractivity contribution in [2.75, 3.05) is 16.8 Å². The molecule has 2 heterocycles. The lowest BCUT2D eigenvalue weighted by Crippen LogP contribution is -2.36. The molecule has 0 saturated carbocycles. The molecule has 1 aliphatic rings. The molecule has 132 valence electrons. The molecule has 3 rings (SSSR count). The molecule has 1 unspecified atom stereocenters. The van der Waals surface area contributed by atoms with Crippen LogP contribution in [0.4, 0.5) is 11.5 Å². The topological polar surface area (TPSA) is 101 Å². The molecule has 1 atom stereocenters. The summed E-state index contributed by atoms with van der Waals surface area (Å²) in [6.45, 7) is 2.10. The maximum Gasteiger partial charge on any atom is 0.272 e. The number of sulfone groups is 1. The minimum Gasteiger partial charge on any atom is -0.347 e. The summed E-state index contributed by atoms with van der Waals surface area (Å²) in [7, 11) is -3.03. The normalized spacial score (nSPS) is 18.7. The van der Waals surface area contributed by atoms with Crippen LogP contribution in [0.3, 0.4) is 0 Å². The van der Waals surface area contributed by atoms with E-state index in [1.165, 1.54) is 5.56 Å². The highest BCUT2D eigenvalue weighted by Gasteiger charge is 2.29. The monoisotopic (exact) mass is 360 g/mol. The minimum absolute atomic E-state index is 0.0143. The number of nitrogens with zero attached hydrogens (tertiary/aromatic N) is 2. The van der Waals surface area contributed by atoms with E-state index < -0.39 is 15.7 Å². The standard InChI is InChI=1S/C17H20N4O3S/c1-2-12-3-5-13(6-4-12)18-16-8-7-15(20-21-16)17(22)19-14-9-10-25(23,24)11-14/h3-8,14H,2,9-11H2,1H3,(H,18,21)(H,19,22). The fourth-order valence-electron chi connectivity index (χ4n) is 2.66. The number of hydrogen-bond donors (Lipinski definition) is 2. The van der Waals surface area contributed by atoms with E-state index in [1.807, 2.05) is 24.3 Å². The lowest BCUT2D eigenvalue weighted by Gasteiger charge is -2.10. The molecule has 2 aromatic rings. The number of rotatable bonds is 5. The Morgan fingerprint density at radius 2 is 1.92 bits per heavy atom. The number of amides is 1. The van der Waals surface area contributed by atoms with E-state index in [-0.39, 0.29) is 23.2 Å². The molecule has 1 aromatic heterocycles. The second kappa shape index (κ2) is 7.18. The second-order valence-corrected chi connectivity index (χ2v) is 8.28. The first-order chi connectivity index (χ1) is 11.9. The first kappa shape index (κ1) is 17.3. The van der Waals surface area contributed by atoms with Gasteiger partial charge in [0.1, 0.15) is 0 Å². The van der Waals surface area contributed by atoms with Gasteiger partial charge in [0, 0.05) is 11.7 Å². The Morgan fingerprint density at radius 3 is 2.48 bits per heavy atom. The van der Waals surface area contributed by atoms with Gasteiger partial charge in [0.2, 0.25) is 0 Å². The van der Waals surface area contributed by atoms with Crippen LogP contribution in [0.5, 0.6) is 0 Å². The molecule has 2 N–H and O–H groups in total. The van der Waals surface area contributed by atoms with Crippen molar-refractivity contribution in [3.63, 3.8) is 0 Å². The zero-order valence-electron chi connectivity index (χ0n) is 13.9. The van der Waals surface area contributed by atoms with Crippen LogP contribution in [0.25, 0.3) is 0 Å². The van der Waals surface area contributed by atoms with E-state index >= 15 is 0 Å². The van der Waals surface area contributed by atoms with Gasteiger partial charge in [-0.15, -0.1) is 10.2 Å². The zero-order chi connectivity index (χ0) is 17.9. The van der Waals surface area contributed by atoms with Crippen LogP contribution in [0.15, 0.2) is 36.4 Å². The number of carbonyl (C=O) groups is 1. The summed E-state index contributed by atoms with van der Waals surface area (Å²) in [5.41, 5.74) is 2.30. The molecule has 0 radical (unpaired) electrons. The van der Waals surface area contributed by atoms with Gasteiger partial charge in [0.15, 0.2) is 21.3 Å². The Morgan fingerprint density at radius 1 is 1.16 bits per heavy atom. The molecule has 1 saturated heterocycles. The average molecular weight is 360 g/mol. The van der Waals surface area contributed by atoms with Gasteiger partial charge in [-0.25, -0.2) is 8.42 Å². The number of benzene rings is 1. The predicted octanol–water partition coefficient (Wildman–Crippen LogP) is 1.70. The van der Waals surface area contributed by atoms with Crippen molar-refractivity contribution < 1.29 is 13.2 Å². The molecule has 1 fully saturated rings. The van der Waals surface area contributed by atoms with Gasteiger partial charge >= 0.3 is 0 Å². The molecule has 0 bridgehead atoms. The van der Waals surface area contributed by atoms with Crippen molar-refractivity contribution >= 4 is 27.2 Å². The molecule has 1 aliphatic heterocycles. The van der Waals surface area contributed by atoms with Gasteiger partial charge in [-0.05, 0) is 42.7 Å². The van der Waals surface area contributed by atoms with E-state index in [0.29, 0.717) is 12.2 Å². The van der Waals surface area contributed by atoms with Crippen LogP contribution in [-0.4, -0.2) is 42.1 Å². The quantitative estimate of drug-likeness (QED) is 0.842. The summed E-state index contributed by atoms with van der Waals surface area (Å²) in [5, 5.41) is 13.7. The molecule has 0 spiro atoms. The Kier molecular flexibility index (Phi) is 4.98. The maximum absolute atomic E-state index is 12.1. The summed E-state index contributed by atoms with van der Waals surface area (Å²) < 4.78 is 22.9. The van der Waals surface area contributed by atoms with Crippen LogP contribution in [0.2, 0.25) is 0 Å². The molecular formula is C17H20N4O3S. The summed E-state index contributed by atoms with van der Waals surface area (Å²) in [6.07, 6.45) is 1.42. The zero-order valence-corrected chi connectivity index (χ0v) is 14.7. The maximum atomic E-state index is 12.1. The SMILES string of the molecule is CCc1ccc(Nc2ccc(C(=O)NC3CCS(=O)(=O)C3)nn2)cc1. The molecule has 25 heavy (non-hydrogen) atoms. The number of hydrogen-bond acceptors (Lipinski definition) is 6. The van der Waals surface area contributed by atoms with Crippen molar-refractivity contribution in [2.45, 2.75) is 25.8 Å². The van der Waals surface area contributed by atoms with Gasteiger partial charge in [-0.2, -0.15) is 0 Å². The third kappa shape index (κ3) is 4.54. The number of anilines is 2. The Labute approximate surface area is 146 Å². The third-order valence-electron chi connectivity index (χ3n) is 4.10. The van der Waals surface area contributed by atoms with Gasteiger partial charge < -0.3 is 10.6 Å². The van der Waals surface area contributed by atoms with E-state index in [0.717, 1.165) is 12.1 Å². The molecular weight excluding hydrogens is 340 g/mol. The fourth-order valence-corrected chi connectivity index (χ4v) is 4.33. The number of aryl methyl sites for hydroxylation is 1. The van der Waals surface area contributed by atoms with E-state index in [2.05, 4.69) is 27.8 Å². The lowest BCUT2D eigenvalue weighted by atomic mass is 10.1. The highest BCUT2D eigenvalue weighted by molar-refractivity contribution is 7.91. The van der Waals surface area contributed by atoms with Gasteiger partial charge in [0.05, 0.1) is 11.5 Å². The highest BCUT2D eigenvalue weighted by atomic mass is 32.2. The summed E-state index contributed by atoms with van der Waals surface area (Å²) in [6, 6.07) is 10.9. The Balaban J connectivity index is 1.60. The number of aromatic nitrogens is 2. The molecule has 7 nitrogen and oxygen atoms in total. The molecule has 1 aromatic carbocycles. The van der Waals surface area contributed by atoms with E-state index in [1.54, 1.807) is 12.1 Å². The lowest BCUT2D eigenvalue weighted by molar-refractivity contribution is 0.0935. The largest absolute Gasteiger partial charge is 0.347 e. The van der Waals surface area contributed by atoms with Crippen LogP contribution in [0, 0.1) is 0 Å². The number of carbonyl (C=O) groups excluding carboxylic acids is 1. The first-order valence-corrected chi connectivity index (χ1v) is 9.98. The van der Waals surface area contributed by atoms with Crippen molar-refractivity contribution in [2.24, 2.45) is 0 Å².